The average Bonchev–Trinajstić information content (AvgIpc) is 2.76. The largest absolute Gasteiger partial charge is 0.144 e. The van der Waals surface area contributed by atoms with Crippen molar-refractivity contribution in [2.75, 3.05) is 0 Å². The highest BCUT2D eigenvalue weighted by Gasteiger charge is 2.14. The van der Waals surface area contributed by atoms with Gasteiger partial charge in [0, 0.05) is 9.75 Å². The molecular weight excluding hydrogens is 292 g/mol. The van der Waals surface area contributed by atoms with Crippen molar-refractivity contribution in [1.29, 1.82) is 0 Å². The molecule has 1 aromatic heterocycles. The van der Waals surface area contributed by atoms with Crippen LogP contribution in [0.1, 0.15) is 38.2 Å². The molecule has 17 heavy (non-hydrogen) atoms. The molecule has 0 aliphatic heterocycles. The molecule has 1 atom stereocenters. The maximum Gasteiger partial charge on any atom is 0.0740 e. The average molecular weight is 309 g/mol. The van der Waals surface area contributed by atoms with Crippen LogP contribution in [-0.4, -0.2) is 0 Å². The van der Waals surface area contributed by atoms with Gasteiger partial charge in [0.15, 0.2) is 0 Å². The van der Waals surface area contributed by atoms with E-state index in [0.717, 1.165) is 6.42 Å². The Morgan fingerprint density at radius 2 is 1.94 bits per heavy atom. The maximum atomic E-state index is 3.82. The molecule has 2 aromatic rings. The summed E-state index contributed by atoms with van der Waals surface area (Å²) in [6.07, 6.45) is 1.12. The van der Waals surface area contributed by atoms with Gasteiger partial charge in [0.25, 0.3) is 0 Å². The fourth-order valence-electron chi connectivity index (χ4n) is 1.98. The summed E-state index contributed by atoms with van der Waals surface area (Å²) in [6.45, 7) is 6.53. The number of halogens is 1. The van der Waals surface area contributed by atoms with E-state index in [0.29, 0.717) is 4.83 Å². The summed E-state index contributed by atoms with van der Waals surface area (Å²) in [5.74, 6) is 0. The Labute approximate surface area is 116 Å². The van der Waals surface area contributed by atoms with Crippen molar-refractivity contribution in [1.82, 2.24) is 0 Å². The van der Waals surface area contributed by atoms with Crippen LogP contribution in [0, 0.1) is 13.8 Å². The summed E-state index contributed by atoms with van der Waals surface area (Å²) in [5, 5.41) is 0. The Morgan fingerprint density at radius 1 is 1.18 bits per heavy atom. The summed E-state index contributed by atoms with van der Waals surface area (Å²) in [4.78, 5) is 3.18. The second-order valence-corrected chi connectivity index (χ2v) is 6.50. The van der Waals surface area contributed by atoms with E-state index >= 15 is 0 Å². The number of thiophene rings is 1. The van der Waals surface area contributed by atoms with Crippen LogP contribution in [0.25, 0.3) is 0 Å². The molecule has 1 heterocycles. The predicted molar refractivity (Wildman–Crippen MR) is 80.4 cm³/mol. The molecule has 0 fully saturated rings. The van der Waals surface area contributed by atoms with Crippen molar-refractivity contribution in [2.24, 2.45) is 0 Å². The lowest BCUT2D eigenvalue weighted by molar-refractivity contribution is 1.17. The molecule has 0 radical (unpaired) electrons. The van der Waals surface area contributed by atoms with Gasteiger partial charge in [0.2, 0.25) is 0 Å². The lowest BCUT2D eigenvalue weighted by atomic mass is 10.0. The molecule has 0 amide bonds. The molecule has 2 rings (SSSR count). The number of benzene rings is 1. The third-order valence-corrected chi connectivity index (χ3v) is 5.56. The van der Waals surface area contributed by atoms with E-state index in [1.165, 1.54) is 26.4 Å². The Kier molecular flexibility index (Phi) is 4.05. The van der Waals surface area contributed by atoms with Crippen molar-refractivity contribution in [3.63, 3.8) is 0 Å². The van der Waals surface area contributed by atoms with E-state index in [9.17, 15) is 0 Å². The zero-order chi connectivity index (χ0) is 12.4. The molecule has 0 saturated heterocycles. The van der Waals surface area contributed by atoms with Gasteiger partial charge in [-0.05, 0) is 43.5 Å². The third-order valence-electron chi connectivity index (χ3n) is 2.98. The standard InChI is InChI=1S/C15H17BrS/c1-4-12-6-8-14(17-12)15(16)13-7-5-10(2)9-11(13)3/h5-9,15H,4H2,1-3H3. The third kappa shape index (κ3) is 2.80. The van der Waals surface area contributed by atoms with Gasteiger partial charge in [-0.15, -0.1) is 11.3 Å². The molecule has 0 bridgehead atoms. The SMILES string of the molecule is CCc1ccc(C(Br)c2ccc(C)cc2C)s1. The molecule has 1 unspecified atom stereocenters. The maximum absolute atomic E-state index is 3.82. The first-order valence-electron chi connectivity index (χ1n) is 5.91. The Morgan fingerprint density at radius 3 is 2.53 bits per heavy atom. The van der Waals surface area contributed by atoms with Gasteiger partial charge >= 0.3 is 0 Å². The first-order chi connectivity index (χ1) is 8.11. The van der Waals surface area contributed by atoms with Crippen molar-refractivity contribution in [3.8, 4) is 0 Å². The van der Waals surface area contributed by atoms with Gasteiger partial charge in [-0.1, -0.05) is 46.6 Å². The van der Waals surface area contributed by atoms with Crippen LogP contribution in [0.2, 0.25) is 0 Å². The predicted octanol–water partition coefficient (Wildman–Crippen LogP) is 5.41. The highest BCUT2D eigenvalue weighted by atomic mass is 79.9. The molecule has 0 spiro atoms. The minimum Gasteiger partial charge on any atom is -0.144 e. The first kappa shape index (κ1) is 12.8. The normalized spacial score (nSPS) is 12.7. The number of aryl methyl sites for hydroxylation is 3. The molecule has 1 aromatic carbocycles. The topological polar surface area (TPSA) is 0 Å². The van der Waals surface area contributed by atoms with Crippen LogP contribution in [0.3, 0.4) is 0 Å². The van der Waals surface area contributed by atoms with Crippen molar-refractivity contribution in [2.45, 2.75) is 32.0 Å². The molecular formula is C15H17BrS. The Hall–Kier alpha value is -0.600. The molecule has 0 aliphatic rings. The van der Waals surface area contributed by atoms with Gasteiger partial charge < -0.3 is 0 Å². The van der Waals surface area contributed by atoms with Crippen LogP contribution in [0.5, 0.6) is 0 Å². The van der Waals surface area contributed by atoms with E-state index in [4.69, 9.17) is 0 Å². The lowest BCUT2D eigenvalue weighted by Gasteiger charge is -2.12. The van der Waals surface area contributed by atoms with Gasteiger partial charge in [0.1, 0.15) is 0 Å². The van der Waals surface area contributed by atoms with Gasteiger partial charge in [-0.3, -0.25) is 0 Å². The lowest BCUT2D eigenvalue weighted by Crippen LogP contribution is -1.93. The van der Waals surface area contributed by atoms with Crippen LogP contribution in [-0.2, 0) is 6.42 Å². The number of hydrogen-bond donors (Lipinski definition) is 0. The minimum absolute atomic E-state index is 0.327. The van der Waals surface area contributed by atoms with Crippen molar-refractivity contribution >= 4 is 27.3 Å². The molecule has 2 heteroatoms. The molecule has 0 aliphatic carbocycles. The highest BCUT2D eigenvalue weighted by molar-refractivity contribution is 9.09. The van der Waals surface area contributed by atoms with E-state index in [1.54, 1.807) is 0 Å². The zero-order valence-corrected chi connectivity index (χ0v) is 12.9. The summed E-state index contributed by atoms with van der Waals surface area (Å²) in [5.41, 5.74) is 4.06. The number of alkyl halides is 1. The van der Waals surface area contributed by atoms with Crippen molar-refractivity contribution < 1.29 is 0 Å². The molecule has 0 N–H and O–H groups in total. The van der Waals surface area contributed by atoms with E-state index in [2.05, 4.69) is 67.0 Å². The van der Waals surface area contributed by atoms with Crippen molar-refractivity contribution in [3.05, 3.63) is 56.8 Å². The fraction of sp³-hybridized carbons (Fsp3) is 0.333. The monoisotopic (exact) mass is 308 g/mol. The van der Waals surface area contributed by atoms with Crippen LogP contribution in [0.4, 0.5) is 0 Å². The molecule has 0 nitrogen and oxygen atoms in total. The number of hydrogen-bond acceptors (Lipinski definition) is 1. The second kappa shape index (κ2) is 5.36. The Bertz CT molecular complexity index is 513. The van der Waals surface area contributed by atoms with E-state index in [-0.39, 0.29) is 0 Å². The Balaban J connectivity index is 2.33. The highest BCUT2D eigenvalue weighted by Crippen LogP contribution is 2.37. The zero-order valence-electron chi connectivity index (χ0n) is 10.5. The summed E-state index contributed by atoms with van der Waals surface area (Å²) in [6, 6.07) is 11.1. The summed E-state index contributed by atoms with van der Waals surface area (Å²) in [7, 11) is 0. The molecule has 90 valence electrons. The van der Waals surface area contributed by atoms with E-state index < -0.39 is 0 Å². The summed E-state index contributed by atoms with van der Waals surface area (Å²) >= 11 is 5.72. The van der Waals surface area contributed by atoms with Crippen LogP contribution in [0.15, 0.2) is 30.3 Å². The second-order valence-electron chi connectivity index (χ2n) is 4.38. The van der Waals surface area contributed by atoms with E-state index in [1.807, 2.05) is 11.3 Å². The van der Waals surface area contributed by atoms with Gasteiger partial charge in [-0.25, -0.2) is 0 Å². The quantitative estimate of drug-likeness (QED) is 0.665. The minimum atomic E-state index is 0.327. The first-order valence-corrected chi connectivity index (χ1v) is 7.65. The number of rotatable bonds is 3. The van der Waals surface area contributed by atoms with Gasteiger partial charge in [0.05, 0.1) is 4.83 Å². The summed E-state index contributed by atoms with van der Waals surface area (Å²) < 4.78 is 0. The van der Waals surface area contributed by atoms with Gasteiger partial charge in [-0.2, -0.15) is 0 Å². The molecule has 0 saturated carbocycles. The fourth-order valence-corrected chi connectivity index (χ4v) is 3.88. The van der Waals surface area contributed by atoms with Crippen LogP contribution >= 0.6 is 27.3 Å². The smallest absolute Gasteiger partial charge is 0.0740 e. The van der Waals surface area contributed by atoms with Crippen LogP contribution < -0.4 is 0 Å².